The maximum atomic E-state index is 11.9. The molecule has 3 rings (SSSR count). The summed E-state index contributed by atoms with van der Waals surface area (Å²) in [7, 11) is 0. The Bertz CT molecular complexity index is 704. The number of nitrogens with one attached hydrogen (secondary N) is 2. The molecule has 1 aliphatic rings. The Hall–Kier alpha value is -2.24. The van der Waals surface area contributed by atoms with Crippen LogP contribution in [0.2, 0.25) is 5.02 Å². The van der Waals surface area contributed by atoms with Crippen LogP contribution in [0.1, 0.15) is 17.5 Å². The van der Waals surface area contributed by atoms with Crippen molar-refractivity contribution in [2.45, 2.75) is 19.5 Å². The molecule has 5 nitrogen and oxygen atoms in total. The van der Waals surface area contributed by atoms with Crippen molar-refractivity contribution in [3.8, 4) is 11.5 Å². The monoisotopic (exact) mass is 346 g/mol. The first kappa shape index (κ1) is 16.6. The van der Waals surface area contributed by atoms with Crippen molar-refractivity contribution < 1.29 is 14.3 Å². The predicted molar refractivity (Wildman–Crippen MR) is 92.2 cm³/mol. The van der Waals surface area contributed by atoms with E-state index in [-0.39, 0.29) is 12.7 Å². The van der Waals surface area contributed by atoms with Crippen molar-refractivity contribution in [1.29, 1.82) is 0 Å². The number of amides is 1. The second kappa shape index (κ2) is 8.04. The van der Waals surface area contributed by atoms with Crippen LogP contribution in [0.3, 0.4) is 0 Å². The lowest BCUT2D eigenvalue weighted by Gasteiger charge is -2.07. The summed E-state index contributed by atoms with van der Waals surface area (Å²) >= 11 is 5.84. The highest BCUT2D eigenvalue weighted by Gasteiger charge is 2.13. The Morgan fingerprint density at radius 1 is 1.00 bits per heavy atom. The molecule has 0 fully saturated rings. The summed E-state index contributed by atoms with van der Waals surface area (Å²) in [5.41, 5.74) is 2.13. The van der Waals surface area contributed by atoms with Gasteiger partial charge in [0.05, 0.1) is 0 Å². The van der Waals surface area contributed by atoms with Gasteiger partial charge in [0.25, 0.3) is 0 Å². The first-order valence-corrected chi connectivity index (χ1v) is 8.19. The molecular weight excluding hydrogens is 328 g/mol. The minimum atomic E-state index is 0.0104. The van der Waals surface area contributed by atoms with Crippen LogP contribution in [0.15, 0.2) is 42.5 Å². The van der Waals surface area contributed by atoms with Crippen LogP contribution in [0.4, 0.5) is 0 Å². The van der Waals surface area contributed by atoms with Crippen molar-refractivity contribution in [3.63, 3.8) is 0 Å². The number of ether oxygens (including phenoxy) is 2. The minimum Gasteiger partial charge on any atom is -0.454 e. The van der Waals surface area contributed by atoms with Crippen LogP contribution in [-0.2, 0) is 17.9 Å². The first-order valence-electron chi connectivity index (χ1n) is 7.81. The first-order chi connectivity index (χ1) is 11.7. The lowest BCUT2D eigenvalue weighted by molar-refractivity contribution is -0.121. The maximum absolute atomic E-state index is 11.9. The molecule has 1 amide bonds. The molecule has 1 heterocycles. The average molecular weight is 347 g/mol. The normalized spacial score (nSPS) is 12.2. The molecule has 24 heavy (non-hydrogen) atoms. The van der Waals surface area contributed by atoms with Crippen molar-refractivity contribution in [2.75, 3.05) is 13.3 Å². The van der Waals surface area contributed by atoms with E-state index in [1.807, 2.05) is 42.5 Å². The standard InChI is InChI=1S/C18H19ClN2O3/c19-15-4-1-13(2-5-15)10-20-8-7-18(22)21-11-14-3-6-16-17(9-14)24-12-23-16/h1-6,9,20H,7-8,10-12H2,(H,21,22). The van der Waals surface area contributed by atoms with Gasteiger partial charge in [-0.25, -0.2) is 0 Å². The van der Waals surface area contributed by atoms with E-state index in [2.05, 4.69) is 10.6 Å². The van der Waals surface area contributed by atoms with E-state index in [1.165, 1.54) is 0 Å². The Morgan fingerprint density at radius 2 is 1.75 bits per heavy atom. The van der Waals surface area contributed by atoms with Crippen LogP contribution >= 0.6 is 11.6 Å². The SMILES string of the molecule is O=C(CCNCc1ccc(Cl)cc1)NCc1ccc2c(c1)OCO2. The zero-order valence-electron chi connectivity index (χ0n) is 13.2. The molecule has 2 aromatic rings. The highest BCUT2D eigenvalue weighted by atomic mass is 35.5. The van der Waals surface area contributed by atoms with Crippen LogP contribution < -0.4 is 20.1 Å². The second-order valence-corrected chi connectivity index (χ2v) is 5.95. The van der Waals surface area contributed by atoms with Gasteiger partial charge in [0.2, 0.25) is 12.7 Å². The van der Waals surface area contributed by atoms with Gasteiger partial charge in [-0.05, 0) is 35.4 Å². The summed E-state index contributed by atoms with van der Waals surface area (Å²) in [6.45, 7) is 2.07. The largest absolute Gasteiger partial charge is 0.454 e. The summed E-state index contributed by atoms with van der Waals surface area (Å²) in [6, 6.07) is 13.3. The molecule has 0 saturated carbocycles. The van der Waals surface area contributed by atoms with E-state index in [9.17, 15) is 4.79 Å². The molecule has 0 aliphatic carbocycles. The molecule has 0 atom stereocenters. The lowest BCUT2D eigenvalue weighted by Crippen LogP contribution is -2.27. The summed E-state index contributed by atoms with van der Waals surface area (Å²) in [5, 5.41) is 6.87. The Labute approximate surface area is 145 Å². The molecule has 6 heteroatoms. The van der Waals surface area contributed by atoms with E-state index in [0.717, 1.165) is 27.6 Å². The van der Waals surface area contributed by atoms with Gasteiger partial charge in [0.1, 0.15) is 0 Å². The lowest BCUT2D eigenvalue weighted by atomic mass is 10.2. The fourth-order valence-electron chi connectivity index (χ4n) is 2.38. The van der Waals surface area contributed by atoms with E-state index in [1.54, 1.807) is 0 Å². The maximum Gasteiger partial charge on any atom is 0.231 e. The van der Waals surface area contributed by atoms with Crippen LogP contribution in [-0.4, -0.2) is 19.2 Å². The van der Waals surface area contributed by atoms with Gasteiger partial charge in [-0.2, -0.15) is 0 Å². The quantitative estimate of drug-likeness (QED) is 0.757. The van der Waals surface area contributed by atoms with Gasteiger partial charge in [0.15, 0.2) is 11.5 Å². The second-order valence-electron chi connectivity index (χ2n) is 5.52. The zero-order valence-corrected chi connectivity index (χ0v) is 13.9. The van der Waals surface area contributed by atoms with Gasteiger partial charge in [0, 0.05) is 31.1 Å². The number of carbonyl (C=O) groups is 1. The molecule has 0 aromatic heterocycles. The number of rotatable bonds is 7. The van der Waals surface area contributed by atoms with Crippen molar-refractivity contribution in [1.82, 2.24) is 10.6 Å². The van der Waals surface area contributed by atoms with Crippen molar-refractivity contribution in [2.24, 2.45) is 0 Å². The van der Waals surface area contributed by atoms with Crippen molar-refractivity contribution >= 4 is 17.5 Å². The fraction of sp³-hybridized carbons (Fsp3) is 0.278. The predicted octanol–water partition coefficient (Wildman–Crippen LogP) is 2.86. The molecule has 126 valence electrons. The van der Waals surface area contributed by atoms with E-state index >= 15 is 0 Å². The number of halogens is 1. The summed E-state index contributed by atoms with van der Waals surface area (Å²) in [5.74, 6) is 1.49. The van der Waals surface area contributed by atoms with Crippen molar-refractivity contribution in [3.05, 3.63) is 58.6 Å². The number of fused-ring (bicyclic) bond motifs is 1. The van der Waals surface area contributed by atoms with E-state index < -0.39 is 0 Å². The summed E-state index contributed by atoms with van der Waals surface area (Å²) in [4.78, 5) is 11.9. The molecule has 0 unspecified atom stereocenters. The van der Waals surface area contributed by atoms with Gasteiger partial charge >= 0.3 is 0 Å². The summed E-state index contributed by atoms with van der Waals surface area (Å²) < 4.78 is 10.6. The third kappa shape index (κ3) is 4.63. The zero-order chi connectivity index (χ0) is 16.8. The topological polar surface area (TPSA) is 59.6 Å². The average Bonchev–Trinajstić information content (AvgIpc) is 3.06. The summed E-state index contributed by atoms with van der Waals surface area (Å²) in [6.07, 6.45) is 0.429. The molecule has 1 aliphatic heterocycles. The third-order valence-electron chi connectivity index (χ3n) is 3.70. The van der Waals surface area contributed by atoms with E-state index in [0.29, 0.717) is 26.1 Å². The van der Waals surface area contributed by atoms with Crippen LogP contribution in [0, 0.1) is 0 Å². The Kier molecular flexibility index (Phi) is 5.56. The number of carbonyl (C=O) groups excluding carboxylic acids is 1. The molecule has 2 N–H and O–H groups in total. The smallest absolute Gasteiger partial charge is 0.231 e. The highest BCUT2D eigenvalue weighted by molar-refractivity contribution is 6.30. The van der Waals surface area contributed by atoms with Gasteiger partial charge in [-0.1, -0.05) is 29.8 Å². The minimum absolute atomic E-state index is 0.0104. The fourth-order valence-corrected chi connectivity index (χ4v) is 2.50. The Balaban J connectivity index is 1.34. The van der Waals surface area contributed by atoms with E-state index in [4.69, 9.17) is 21.1 Å². The highest BCUT2D eigenvalue weighted by Crippen LogP contribution is 2.32. The molecule has 0 bridgehead atoms. The molecular formula is C18H19ClN2O3. The van der Waals surface area contributed by atoms with Gasteiger partial charge in [-0.15, -0.1) is 0 Å². The number of benzene rings is 2. The molecule has 2 aromatic carbocycles. The van der Waals surface area contributed by atoms with Gasteiger partial charge in [-0.3, -0.25) is 4.79 Å². The van der Waals surface area contributed by atoms with Crippen LogP contribution in [0.25, 0.3) is 0 Å². The number of hydrogen-bond donors (Lipinski definition) is 2. The molecule has 0 spiro atoms. The number of hydrogen-bond acceptors (Lipinski definition) is 4. The van der Waals surface area contributed by atoms with Crippen LogP contribution in [0.5, 0.6) is 11.5 Å². The third-order valence-corrected chi connectivity index (χ3v) is 3.95. The molecule has 0 radical (unpaired) electrons. The molecule has 0 saturated heterocycles. The Morgan fingerprint density at radius 3 is 2.58 bits per heavy atom. The van der Waals surface area contributed by atoms with Gasteiger partial charge < -0.3 is 20.1 Å².